The Bertz CT molecular complexity index is 401. The van der Waals surface area contributed by atoms with E-state index in [-0.39, 0.29) is 5.69 Å². The number of aliphatic hydroxyl groups excluding tert-OH is 1. The van der Waals surface area contributed by atoms with Crippen molar-refractivity contribution in [1.82, 2.24) is 0 Å². The van der Waals surface area contributed by atoms with Gasteiger partial charge in [0.05, 0.1) is 11.7 Å². The van der Waals surface area contributed by atoms with E-state index in [1.54, 1.807) is 4.90 Å². The molecule has 1 fully saturated rings. The highest BCUT2D eigenvalue weighted by molar-refractivity contribution is 5.55. The molecule has 3 nitrogen and oxygen atoms in total. The zero-order chi connectivity index (χ0) is 13.9. The molecule has 1 aromatic rings. The smallest absolute Gasteiger partial charge is 0.416 e. The minimum Gasteiger partial charge on any atom is -0.508 e. The molecule has 102 valence electrons. The summed E-state index contributed by atoms with van der Waals surface area (Å²) in [5, 5.41) is 18.3. The zero-order valence-corrected chi connectivity index (χ0v) is 10.2. The van der Waals surface area contributed by atoms with Crippen LogP contribution in [-0.4, -0.2) is 29.4 Å². The number of hydrogen-bond donors (Lipinski definition) is 2. The monoisotopic (exact) mass is 263 g/mol. The lowest BCUT2D eigenvalue weighted by Gasteiger charge is -2.38. The molecule has 1 aliphatic heterocycles. The standard InChI is InChI=1S/C10H10F3NO2.C2H6/c11-10(12,13)6-1-7(3-8(15)2-6)14-4-9(16)5-14;1-2/h1-3,9,15-16H,4-5H2;1-2H3. The fourth-order valence-electron chi connectivity index (χ4n) is 1.61. The number of alkyl halides is 3. The Balaban J connectivity index is 0.000000771. The lowest BCUT2D eigenvalue weighted by molar-refractivity contribution is -0.137. The molecular formula is C12H16F3NO2. The van der Waals surface area contributed by atoms with E-state index in [4.69, 9.17) is 5.11 Å². The number of rotatable bonds is 1. The summed E-state index contributed by atoms with van der Waals surface area (Å²) in [5.41, 5.74) is -0.610. The zero-order valence-electron chi connectivity index (χ0n) is 10.2. The number of aromatic hydroxyl groups is 1. The van der Waals surface area contributed by atoms with Gasteiger partial charge in [-0.15, -0.1) is 0 Å². The van der Waals surface area contributed by atoms with Crippen molar-refractivity contribution in [3.63, 3.8) is 0 Å². The Morgan fingerprint density at radius 2 is 1.72 bits per heavy atom. The van der Waals surface area contributed by atoms with Crippen molar-refractivity contribution < 1.29 is 23.4 Å². The SMILES string of the molecule is CC.Oc1cc(N2CC(O)C2)cc(C(F)(F)F)c1. The first-order valence-corrected chi connectivity index (χ1v) is 5.70. The quantitative estimate of drug-likeness (QED) is 0.818. The molecule has 0 saturated carbocycles. The fraction of sp³-hybridized carbons (Fsp3) is 0.500. The van der Waals surface area contributed by atoms with Crippen molar-refractivity contribution in [3.8, 4) is 5.75 Å². The summed E-state index contributed by atoms with van der Waals surface area (Å²) in [7, 11) is 0. The second-order valence-electron chi connectivity index (χ2n) is 3.79. The van der Waals surface area contributed by atoms with Crippen LogP contribution in [-0.2, 0) is 6.18 Å². The number of anilines is 1. The third-order valence-electron chi connectivity index (χ3n) is 2.46. The summed E-state index contributed by atoms with van der Waals surface area (Å²) in [6, 6.07) is 2.90. The van der Waals surface area contributed by atoms with Gasteiger partial charge in [-0.1, -0.05) is 13.8 Å². The Morgan fingerprint density at radius 1 is 1.17 bits per heavy atom. The molecule has 0 amide bonds. The minimum absolute atomic E-state index is 0.276. The van der Waals surface area contributed by atoms with Crippen LogP contribution in [0.25, 0.3) is 0 Å². The van der Waals surface area contributed by atoms with Crippen LogP contribution in [0.4, 0.5) is 18.9 Å². The van der Waals surface area contributed by atoms with Crippen LogP contribution < -0.4 is 4.90 Å². The topological polar surface area (TPSA) is 43.7 Å². The molecule has 0 aromatic heterocycles. The third kappa shape index (κ3) is 3.29. The van der Waals surface area contributed by atoms with E-state index in [1.165, 1.54) is 6.07 Å². The summed E-state index contributed by atoms with van der Waals surface area (Å²) < 4.78 is 37.3. The molecule has 6 heteroatoms. The van der Waals surface area contributed by atoms with Gasteiger partial charge in [-0.2, -0.15) is 13.2 Å². The second-order valence-corrected chi connectivity index (χ2v) is 3.79. The van der Waals surface area contributed by atoms with Gasteiger partial charge >= 0.3 is 6.18 Å². The van der Waals surface area contributed by atoms with Crippen molar-refractivity contribution in [2.45, 2.75) is 26.1 Å². The van der Waals surface area contributed by atoms with Crippen LogP contribution in [0.5, 0.6) is 5.75 Å². The highest BCUT2D eigenvalue weighted by atomic mass is 19.4. The number of phenols is 1. The van der Waals surface area contributed by atoms with Gasteiger partial charge in [0.25, 0.3) is 0 Å². The van der Waals surface area contributed by atoms with E-state index in [2.05, 4.69) is 0 Å². The van der Waals surface area contributed by atoms with E-state index < -0.39 is 23.6 Å². The first kappa shape index (κ1) is 14.6. The highest BCUT2D eigenvalue weighted by Crippen LogP contribution is 2.35. The van der Waals surface area contributed by atoms with Gasteiger partial charge in [0, 0.05) is 24.8 Å². The average molecular weight is 263 g/mol. The molecule has 2 rings (SSSR count). The van der Waals surface area contributed by atoms with Crippen molar-refractivity contribution in [3.05, 3.63) is 23.8 Å². The molecule has 0 unspecified atom stereocenters. The molecule has 0 bridgehead atoms. The molecule has 18 heavy (non-hydrogen) atoms. The average Bonchev–Trinajstić information content (AvgIpc) is 2.25. The van der Waals surface area contributed by atoms with Crippen LogP contribution in [0.3, 0.4) is 0 Å². The van der Waals surface area contributed by atoms with Gasteiger partial charge in [0.15, 0.2) is 0 Å². The van der Waals surface area contributed by atoms with Crippen LogP contribution in [0, 0.1) is 0 Å². The summed E-state index contributed by atoms with van der Waals surface area (Å²) in [6.45, 7) is 4.58. The normalized spacial score (nSPS) is 15.8. The minimum atomic E-state index is -4.48. The summed E-state index contributed by atoms with van der Waals surface area (Å²) >= 11 is 0. The third-order valence-corrected chi connectivity index (χ3v) is 2.46. The Kier molecular flexibility index (Phi) is 4.45. The molecule has 0 radical (unpaired) electrons. The molecule has 1 heterocycles. The van der Waals surface area contributed by atoms with E-state index in [0.717, 1.165) is 6.07 Å². The number of halogens is 3. The summed E-state index contributed by atoms with van der Waals surface area (Å²) in [5.74, 6) is -0.425. The maximum atomic E-state index is 12.4. The first-order chi connectivity index (χ1) is 8.36. The number of nitrogens with zero attached hydrogens (tertiary/aromatic N) is 1. The number of β-amino-alcohol motifs (C(OH)–C–C–N with tert-alkyl or cyclic N) is 1. The molecule has 0 aliphatic carbocycles. The van der Waals surface area contributed by atoms with Crippen LogP contribution in [0.1, 0.15) is 19.4 Å². The van der Waals surface area contributed by atoms with Crippen molar-refractivity contribution in [2.24, 2.45) is 0 Å². The number of phenolic OH excluding ortho intramolecular Hbond substituents is 1. The molecule has 0 atom stereocenters. The predicted molar refractivity (Wildman–Crippen MR) is 62.7 cm³/mol. The lowest BCUT2D eigenvalue weighted by atomic mass is 10.1. The Hall–Kier alpha value is -1.43. The highest BCUT2D eigenvalue weighted by Gasteiger charge is 2.33. The van der Waals surface area contributed by atoms with Gasteiger partial charge in [0.2, 0.25) is 0 Å². The van der Waals surface area contributed by atoms with Crippen LogP contribution in [0.15, 0.2) is 18.2 Å². The van der Waals surface area contributed by atoms with Crippen LogP contribution >= 0.6 is 0 Å². The van der Waals surface area contributed by atoms with E-state index in [0.29, 0.717) is 19.2 Å². The van der Waals surface area contributed by atoms with Gasteiger partial charge < -0.3 is 15.1 Å². The molecular weight excluding hydrogens is 247 g/mol. The lowest BCUT2D eigenvalue weighted by Crippen LogP contribution is -2.50. The van der Waals surface area contributed by atoms with Crippen molar-refractivity contribution >= 4 is 5.69 Å². The fourth-order valence-corrected chi connectivity index (χ4v) is 1.61. The number of benzene rings is 1. The van der Waals surface area contributed by atoms with E-state index in [1.807, 2.05) is 13.8 Å². The van der Waals surface area contributed by atoms with Crippen LogP contribution in [0.2, 0.25) is 0 Å². The maximum Gasteiger partial charge on any atom is 0.416 e. The van der Waals surface area contributed by atoms with E-state index in [9.17, 15) is 18.3 Å². The molecule has 1 saturated heterocycles. The Morgan fingerprint density at radius 3 is 2.17 bits per heavy atom. The number of aliphatic hydroxyl groups is 1. The van der Waals surface area contributed by atoms with E-state index >= 15 is 0 Å². The molecule has 2 N–H and O–H groups in total. The van der Waals surface area contributed by atoms with Gasteiger partial charge in [-0.3, -0.25) is 0 Å². The summed E-state index contributed by atoms with van der Waals surface area (Å²) in [4.78, 5) is 1.57. The second kappa shape index (κ2) is 5.48. The van der Waals surface area contributed by atoms with Gasteiger partial charge in [0.1, 0.15) is 5.75 Å². The Labute approximate surface area is 103 Å². The molecule has 1 aliphatic rings. The molecule has 0 spiro atoms. The van der Waals surface area contributed by atoms with Crippen molar-refractivity contribution in [1.29, 1.82) is 0 Å². The van der Waals surface area contributed by atoms with Gasteiger partial charge in [-0.25, -0.2) is 0 Å². The first-order valence-electron chi connectivity index (χ1n) is 5.70. The van der Waals surface area contributed by atoms with Crippen molar-refractivity contribution in [2.75, 3.05) is 18.0 Å². The number of hydrogen-bond acceptors (Lipinski definition) is 3. The predicted octanol–water partition coefficient (Wildman–Crippen LogP) is 2.62. The maximum absolute atomic E-state index is 12.4. The summed E-state index contributed by atoms with van der Waals surface area (Å²) in [6.07, 6.45) is -4.98. The molecule has 1 aromatic carbocycles. The van der Waals surface area contributed by atoms with Gasteiger partial charge in [-0.05, 0) is 12.1 Å². The largest absolute Gasteiger partial charge is 0.508 e.